The number of anilines is 1. The van der Waals surface area contributed by atoms with Crippen LogP contribution in [0.15, 0.2) is 59.8 Å². The number of benzene rings is 1. The predicted molar refractivity (Wildman–Crippen MR) is 132 cm³/mol. The van der Waals surface area contributed by atoms with Gasteiger partial charge in [0.25, 0.3) is 0 Å². The molecular weight excluding hydrogens is 477 g/mol. The zero-order chi connectivity index (χ0) is 24.5. The Balaban J connectivity index is 1.56. The Bertz CT molecular complexity index is 1310. The first-order chi connectivity index (χ1) is 16.1. The van der Waals surface area contributed by atoms with Crippen LogP contribution < -0.4 is 10.0 Å². The van der Waals surface area contributed by atoms with Crippen LogP contribution in [0.2, 0.25) is 5.15 Å². The minimum absolute atomic E-state index is 0.0655. The molecule has 2 aromatic heterocycles. The van der Waals surface area contributed by atoms with Gasteiger partial charge in [0.1, 0.15) is 20.9 Å². The normalized spacial score (nSPS) is 21.5. The fourth-order valence-corrected chi connectivity index (χ4v) is 5.90. The smallest absolute Gasteiger partial charge is 0.166 e. The second kappa shape index (κ2) is 9.87. The van der Waals surface area contributed by atoms with Crippen molar-refractivity contribution in [3.63, 3.8) is 0 Å². The van der Waals surface area contributed by atoms with Crippen molar-refractivity contribution in [3.05, 3.63) is 82.7 Å². The van der Waals surface area contributed by atoms with E-state index in [0.29, 0.717) is 27.0 Å². The number of pyridine rings is 1. The summed E-state index contributed by atoms with van der Waals surface area (Å²) in [6.07, 6.45) is 7.25. The first-order valence-electron chi connectivity index (χ1n) is 10.9. The molecule has 4 atom stereocenters. The van der Waals surface area contributed by atoms with Crippen molar-refractivity contribution >= 4 is 33.3 Å². The molecule has 0 radical (unpaired) electrons. The van der Waals surface area contributed by atoms with Crippen molar-refractivity contribution in [3.8, 4) is 0 Å². The zero-order valence-electron chi connectivity index (χ0n) is 18.8. The average Bonchev–Trinajstić information content (AvgIpc) is 3.06. The summed E-state index contributed by atoms with van der Waals surface area (Å²) in [5.41, 5.74) is 2.63. The summed E-state index contributed by atoms with van der Waals surface area (Å²) in [6.45, 7) is 2.03. The minimum Gasteiger partial charge on any atom is -0.368 e. The maximum absolute atomic E-state index is 13.4. The molecule has 10 heteroatoms. The maximum Gasteiger partial charge on any atom is 0.166 e. The molecule has 1 aromatic carbocycles. The van der Waals surface area contributed by atoms with Gasteiger partial charge in [-0.1, -0.05) is 42.8 Å². The van der Waals surface area contributed by atoms with Crippen molar-refractivity contribution in [1.82, 2.24) is 14.3 Å². The van der Waals surface area contributed by atoms with Crippen LogP contribution in [0.3, 0.4) is 0 Å². The van der Waals surface area contributed by atoms with Crippen molar-refractivity contribution in [2.24, 2.45) is 13.0 Å². The lowest BCUT2D eigenvalue weighted by atomic mass is 9.94. The molecule has 0 spiro atoms. The van der Waals surface area contributed by atoms with Gasteiger partial charge in [0, 0.05) is 36.7 Å². The van der Waals surface area contributed by atoms with Crippen molar-refractivity contribution < 1.29 is 13.7 Å². The van der Waals surface area contributed by atoms with E-state index in [1.807, 2.05) is 19.1 Å². The standard InChI is InChI=1S/C24H27ClFN5O2S/c1-15(3-4-16-5-7-17(26)8-6-16)20-10-9-19-21(34(27,33)30-20)14-31(2)23(19)24(32)29-18-11-12-28-22(25)13-18/h5-15,20,24,32H,3-4H2,1-2H3,(H,28,29)(H2,27,30,33)/t15-,20+,24?,34?/m0/s1. The van der Waals surface area contributed by atoms with E-state index < -0.39 is 16.1 Å². The largest absolute Gasteiger partial charge is 0.368 e. The van der Waals surface area contributed by atoms with Gasteiger partial charge in [-0.3, -0.25) is 0 Å². The monoisotopic (exact) mass is 503 g/mol. The van der Waals surface area contributed by atoms with Crippen LogP contribution in [0.4, 0.5) is 10.1 Å². The van der Waals surface area contributed by atoms with E-state index in [1.54, 1.807) is 42.1 Å². The summed E-state index contributed by atoms with van der Waals surface area (Å²) in [5, 5.41) is 14.2. The Labute approximate surface area is 203 Å². The summed E-state index contributed by atoms with van der Waals surface area (Å²) in [7, 11) is -1.59. The highest BCUT2D eigenvalue weighted by Gasteiger charge is 2.30. The number of aliphatic hydroxyl groups is 1. The van der Waals surface area contributed by atoms with Gasteiger partial charge in [0.15, 0.2) is 6.23 Å². The topological polar surface area (TPSA) is 103 Å². The zero-order valence-corrected chi connectivity index (χ0v) is 20.4. The van der Waals surface area contributed by atoms with E-state index in [-0.39, 0.29) is 17.8 Å². The number of hydrogen-bond acceptors (Lipinski definition) is 5. The highest BCUT2D eigenvalue weighted by molar-refractivity contribution is 7.90. The second-order valence-electron chi connectivity index (χ2n) is 8.52. The van der Waals surface area contributed by atoms with E-state index in [4.69, 9.17) is 16.4 Å². The Morgan fingerprint density at radius 1 is 1.35 bits per heavy atom. The Morgan fingerprint density at radius 3 is 2.79 bits per heavy atom. The molecule has 7 nitrogen and oxygen atoms in total. The number of halogens is 2. The third kappa shape index (κ3) is 5.33. The highest BCUT2D eigenvalue weighted by Crippen LogP contribution is 2.32. The van der Waals surface area contributed by atoms with Crippen LogP contribution in [0.5, 0.6) is 0 Å². The molecule has 0 aliphatic carbocycles. The van der Waals surface area contributed by atoms with Crippen LogP contribution in [0.25, 0.3) is 6.08 Å². The molecule has 0 amide bonds. The Hall–Kier alpha value is -2.72. The van der Waals surface area contributed by atoms with Gasteiger partial charge in [0.2, 0.25) is 0 Å². The molecule has 0 bridgehead atoms. The number of aromatic nitrogens is 2. The SMILES string of the molecule is C[C@@H](CCc1ccc(F)cc1)[C@H]1C=Cc2c(cn(C)c2C(O)Nc2ccnc(Cl)c2)S(=N)(=O)N1. The summed E-state index contributed by atoms with van der Waals surface area (Å²) in [5.74, 6) is -0.202. The number of rotatable bonds is 7. The molecule has 34 heavy (non-hydrogen) atoms. The van der Waals surface area contributed by atoms with Crippen LogP contribution >= 0.6 is 11.6 Å². The summed E-state index contributed by atoms with van der Waals surface area (Å²) in [6, 6.07) is 9.38. The molecule has 4 rings (SSSR count). The van der Waals surface area contributed by atoms with Crippen molar-refractivity contribution in [2.45, 2.75) is 36.9 Å². The molecular formula is C24H27ClFN5O2S. The fourth-order valence-electron chi connectivity index (χ4n) is 4.11. The molecule has 2 unspecified atom stereocenters. The molecule has 1 aliphatic heterocycles. The summed E-state index contributed by atoms with van der Waals surface area (Å²) >= 11 is 5.94. The quantitative estimate of drug-likeness (QED) is 0.272. The molecule has 0 saturated carbocycles. The van der Waals surface area contributed by atoms with Crippen LogP contribution in [0.1, 0.15) is 36.4 Å². The van der Waals surface area contributed by atoms with Gasteiger partial charge in [-0.05, 0) is 48.6 Å². The number of nitrogens with one attached hydrogen (secondary N) is 3. The predicted octanol–water partition coefficient (Wildman–Crippen LogP) is 4.89. The van der Waals surface area contributed by atoms with Gasteiger partial charge in [-0.15, -0.1) is 0 Å². The van der Waals surface area contributed by atoms with Gasteiger partial charge >= 0.3 is 0 Å². The van der Waals surface area contributed by atoms with Gasteiger partial charge in [-0.25, -0.2) is 23.1 Å². The molecule has 0 fully saturated rings. The number of aryl methyl sites for hydroxylation is 2. The van der Waals surface area contributed by atoms with E-state index in [2.05, 4.69) is 15.0 Å². The Morgan fingerprint density at radius 2 is 2.09 bits per heavy atom. The van der Waals surface area contributed by atoms with Crippen molar-refractivity contribution in [2.75, 3.05) is 5.32 Å². The lowest BCUT2D eigenvalue weighted by Crippen LogP contribution is -2.36. The summed E-state index contributed by atoms with van der Waals surface area (Å²) in [4.78, 5) is 4.25. The minimum atomic E-state index is -3.33. The number of fused-ring (bicyclic) bond motifs is 1. The van der Waals surface area contributed by atoms with Crippen LogP contribution in [0, 0.1) is 16.5 Å². The highest BCUT2D eigenvalue weighted by atomic mass is 35.5. The van der Waals surface area contributed by atoms with Crippen molar-refractivity contribution in [1.29, 1.82) is 4.78 Å². The first kappa shape index (κ1) is 24.4. The second-order valence-corrected chi connectivity index (χ2v) is 10.7. The van der Waals surface area contributed by atoms with E-state index in [1.165, 1.54) is 18.3 Å². The first-order valence-corrected chi connectivity index (χ1v) is 12.8. The van der Waals surface area contributed by atoms with E-state index in [9.17, 15) is 13.7 Å². The Kier molecular flexibility index (Phi) is 7.09. The molecule has 3 heterocycles. The fraction of sp³-hybridized carbons (Fsp3) is 0.292. The van der Waals surface area contributed by atoms with Crippen LogP contribution in [-0.4, -0.2) is 24.9 Å². The summed E-state index contributed by atoms with van der Waals surface area (Å²) < 4.78 is 39.8. The van der Waals surface area contributed by atoms with Gasteiger partial charge in [0.05, 0.1) is 10.6 Å². The molecule has 1 aliphatic rings. The molecule has 4 N–H and O–H groups in total. The van der Waals surface area contributed by atoms with Gasteiger partial charge < -0.3 is 15.0 Å². The van der Waals surface area contributed by atoms with E-state index >= 15 is 0 Å². The molecule has 0 saturated heterocycles. The van der Waals surface area contributed by atoms with Gasteiger partial charge in [-0.2, -0.15) is 0 Å². The third-order valence-electron chi connectivity index (χ3n) is 6.02. The maximum atomic E-state index is 13.4. The number of aliphatic hydroxyl groups excluding tert-OH is 1. The number of nitrogens with zero attached hydrogens (tertiary/aromatic N) is 2. The van der Waals surface area contributed by atoms with Crippen LogP contribution in [-0.2, 0) is 23.4 Å². The average molecular weight is 504 g/mol. The lowest BCUT2D eigenvalue weighted by molar-refractivity contribution is 0.199. The number of hydrogen-bond donors (Lipinski definition) is 4. The third-order valence-corrected chi connectivity index (χ3v) is 7.77. The van der Waals surface area contributed by atoms with E-state index in [0.717, 1.165) is 18.4 Å². The molecule has 180 valence electrons. The lowest BCUT2D eigenvalue weighted by Gasteiger charge is -2.22. The molecule has 3 aromatic rings.